The average Bonchev–Trinajstić information content (AvgIpc) is 2.89. The van der Waals surface area contributed by atoms with Gasteiger partial charge in [0.25, 0.3) is 0 Å². The van der Waals surface area contributed by atoms with Crippen LogP contribution in [-0.4, -0.2) is 11.7 Å². The third kappa shape index (κ3) is 2.63. The third-order valence-corrected chi connectivity index (χ3v) is 3.19. The Balaban J connectivity index is 2.22. The number of aryl methyl sites for hydroxylation is 1. The van der Waals surface area contributed by atoms with Gasteiger partial charge in [0.15, 0.2) is 0 Å². The molecule has 0 saturated heterocycles. The SMILES string of the molecule is CCc1ccc(C(O)C(CN)c2ccccc2)o1. The van der Waals surface area contributed by atoms with Crippen molar-refractivity contribution in [3.8, 4) is 0 Å². The van der Waals surface area contributed by atoms with Crippen LogP contribution >= 0.6 is 0 Å². The number of furan rings is 1. The maximum absolute atomic E-state index is 10.4. The fraction of sp³-hybridized carbons (Fsp3) is 0.333. The summed E-state index contributed by atoms with van der Waals surface area (Å²) in [6.45, 7) is 2.40. The molecule has 0 fully saturated rings. The summed E-state index contributed by atoms with van der Waals surface area (Å²) < 4.78 is 5.59. The van der Waals surface area contributed by atoms with Gasteiger partial charge in [-0.2, -0.15) is 0 Å². The van der Waals surface area contributed by atoms with Crippen molar-refractivity contribution in [3.05, 3.63) is 59.5 Å². The van der Waals surface area contributed by atoms with Gasteiger partial charge < -0.3 is 15.3 Å². The van der Waals surface area contributed by atoms with E-state index in [0.29, 0.717) is 12.3 Å². The van der Waals surface area contributed by atoms with Gasteiger partial charge in [-0.05, 0) is 17.7 Å². The summed E-state index contributed by atoms with van der Waals surface area (Å²) in [5.74, 6) is 1.33. The molecule has 0 radical (unpaired) electrons. The Hall–Kier alpha value is -1.58. The number of rotatable bonds is 5. The van der Waals surface area contributed by atoms with Gasteiger partial charge >= 0.3 is 0 Å². The number of hydrogen-bond acceptors (Lipinski definition) is 3. The first kappa shape index (κ1) is 12.9. The molecule has 1 aromatic heterocycles. The Morgan fingerprint density at radius 3 is 2.44 bits per heavy atom. The summed E-state index contributed by atoms with van der Waals surface area (Å²) in [5, 5.41) is 10.4. The van der Waals surface area contributed by atoms with Gasteiger partial charge in [0.1, 0.15) is 17.6 Å². The van der Waals surface area contributed by atoms with Gasteiger partial charge in [0.2, 0.25) is 0 Å². The molecule has 0 bridgehead atoms. The molecule has 2 aromatic rings. The van der Waals surface area contributed by atoms with Gasteiger partial charge in [-0.25, -0.2) is 0 Å². The van der Waals surface area contributed by atoms with E-state index in [2.05, 4.69) is 0 Å². The maximum atomic E-state index is 10.4. The molecular formula is C15H19NO2. The Kier molecular flexibility index (Phi) is 4.18. The summed E-state index contributed by atoms with van der Waals surface area (Å²) in [6.07, 6.45) is 0.128. The van der Waals surface area contributed by atoms with E-state index in [9.17, 15) is 5.11 Å². The summed E-state index contributed by atoms with van der Waals surface area (Å²) in [6, 6.07) is 13.5. The number of nitrogens with two attached hydrogens (primary N) is 1. The standard InChI is InChI=1S/C15H19NO2/c1-2-12-8-9-14(18-12)15(17)13(10-16)11-6-4-3-5-7-11/h3-9,13,15,17H,2,10,16H2,1H3. The van der Waals surface area contributed by atoms with Gasteiger partial charge in [-0.15, -0.1) is 0 Å². The van der Waals surface area contributed by atoms with Crippen molar-refractivity contribution < 1.29 is 9.52 Å². The van der Waals surface area contributed by atoms with Crippen LogP contribution in [0.15, 0.2) is 46.9 Å². The minimum atomic E-state index is -0.697. The highest BCUT2D eigenvalue weighted by Crippen LogP contribution is 2.31. The fourth-order valence-corrected chi connectivity index (χ4v) is 2.09. The van der Waals surface area contributed by atoms with E-state index in [-0.39, 0.29) is 5.92 Å². The molecule has 1 heterocycles. The van der Waals surface area contributed by atoms with Crippen LogP contribution in [0.4, 0.5) is 0 Å². The van der Waals surface area contributed by atoms with Crippen LogP contribution in [0.1, 0.15) is 36.0 Å². The summed E-state index contributed by atoms with van der Waals surface area (Å²) in [4.78, 5) is 0. The van der Waals surface area contributed by atoms with Crippen molar-refractivity contribution in [2.45, 2.75) is 25.4 Å². The summed E-state index contributed by atoms with van der Waals surface area (Å²) >= 11 is 0. The van der Waals surface area contributed by atoms with Crippen LogP contribution in [0.25, 0.3) is 0 Å². The smallest absolute Gasteiger partial charge is 0.133 e. The zero-order valence-electron chi connectivity index (χ0n) is 10.5. The van der Waals surface area contributed by atoms with E-state index in [0.717, 1.165) is 17.7 Å². The molecule has 0 spiro atoms. The van der Waals surface area contributed by atoms with Crippen LogP contribution in [0, 0.1) is 0 Å². The predicted octanol–water partition coefficient (Wildman–Crippen LogP) is 2.62. The first-order valence-electron chi connectivity index (χ1n) is 6.28. The van der Waals surface area contributed by atoms with Crippen molar-refractivity contribution in [1.29, 1.82) is 0 Å². The first-order valence-corrected chi connectivity index (χ1v) is 6.28. The summed E-state index contributed by atoms with van der Waals surface area (Å²) in [5.41, 5.74) is 6.81. The number of benzene rings is 1. The molecule has 96 valence electrons. The molecule has 2 unspecified atom stereocenters. The highest BCUT2D eigenvalue weighted by Gasteiger charge is 2.23. The molecule has 0 amide bonds. The lowest BCUT2D eigenvalue weighted by molar-refractivity contribution is 0.120. The molecule has 2 atom stereocenters. The molecule has 3 heteroatoms. The van der Waals surface area contributed by atoms with E-state index >= 15 is 0 Å². The van der Waals surface area contributed by atoms with Crippen LogP contribution in [0.5, 0.6) is 0 Å². The molecular weight excluding hydrogens is 226 g/mol. The fourth-order valence-electron chi connectivity index (χ4n) is 2.09. The second kappa shape index (κ2) is 5.85. The van der Waals surface area contributed by atoms with Crippen molar-refractivity contribution in [2.75, 3.05) is 6.54 Å². The van der Waals surface area contributed by atoms with Gasteiger partial charge in [-0.3, -0.25) is 0 Å². The Morgan fingerprint density at radius 1 is 1.17 bits per heavy atom. The van der Waals surface area contributed by atoms with E-state index < -0.39 is 6.10 Å². The predicted molar refractivity (Wildman–Crippen MR) is 71.3 cm³/mol. The zero-order chi connectivity index (χ0) is 13.0. The van der Waals surface area contributed by atoms with E-state index in [1.165, 1.54) is 0 Å². The minimum Gasteiger partial charge on any atom is -0.463 e. The topological polar surface area (TPSA) is 59.4 Å². The highest BCUT2D eigenvalue weighted by atomic mass is 16.4. The molecule has 18 heavy (non-hydrogen) atoms. The van der Waals surface area contributed by atoms with Crippen molar-refractivity contribution in [1.82, 2.24) is 0 Å². The third-order valence-electron chi connectivity index (χ3n) is 3.19. The van der Waals surface area contributed by atoms with Crippen LogP contribution in [-0.2, 0) is 6.42 Å². The van der Waals surface area contributed by atoms with Gasteiger partial charge in [0, 0.05) is 18.9 Å². The monoisotopic (exact) mass is 245 g/mol. The molecule has 2 rings (SSSR count). The molecule has 1 aromatic carbocycles. The Labute approximate surface area is 107 Å². The van der Waals surface area contributed by atoms with Crippen molar-refractivity contribution in [2.24, 2.45) is 5.73 Å². The van der Waals surface area contributed by atoms with Gasteiger partial charge in [0.05, 0.1) is 0 Å². The van der Waals surface area contributed by atoms with Crippen molar-refractivity contribution >= 4 is 0 Å². The molecule has 0 aliphatic heterocycles. The van der Waals surface area contributed by atoms with E-state index in [4.69, 9.17) is 10.2 Å². The van der Waals surface area contributed by atoms with E-state index in [1.807, 2.05) is 49.4 Å². The lowest BCUT2D eigenvalue weighted by Gasteiger charge is -2.20. The number of aliphatic hydroxyl groups excluding tert-OH is 1. The average molecular weight is 245 g/mol. The van der Waals surface area contributed by atoms with Crippen LogP contribution < -0.4 is 5.73 Å². The maximum Gasteiger partial charge on any atom is 0.133 e. The summed E-state index contributed by atoms with van der Waals surface area (Å²) in [7, 11) is 0. The second-order valence-corrected chi connectivity index (χ2v) is 4.36. The largest absolute Gasteiger partial charge is 0.463 e. The molecule has 0 saturated carbocycles. The molecule has 3 N–H and O–H groups in total. The minimum absolute atomic E-state index is 0.137. The van der Waals surface area contributed by atoms with Crippen molar-refractivity contribution in [3.63, 3.8) is 0 Å². The lowest BCUT2D eigenvalue weighted by Crippen LogP contribution is -2.19. The number of aliphatic hydroxyl groups is 1. The zero-order valence-corrected chi connectivity index (χ0v) is 10.5. The highest BCUT2D eigenvalue weighted by molar-refractivity contribution is 5.24. The van der Waals surface area contributed by atoms with E-state index in [1.54, 1.807) is 0 Å². The molecule has 0 aliphatic carbocycles. The Bertz CT molecular complexity index is 478. The first-order chi connectivity index (χ1) is 8.76. The lowest BCUT2D eigenvalue weighted by atomic mass is 9.92. The van der Waals surface area contributed by atoms with Crippen LogP contribution in [0.2, 0.25) is 0 Å². The second-order valence-electron chi connectivity index (χ2n) is 4.36. The molecule has 3 nitrogen and oxygen atoms in total. The van der Waals surface area contributed by atoms with Gasteiger partial charge in [-0.1, -0.05) is 37.3 Å². The Morgan fingerprint density at radius 2 is 1.89 bits per heavy atom. The number of hydrogen-bond donors (Lipinski definition) is 2. The quantitative estimate of drug-likeness (QED) is 0.851. The normalized spacial score (nSPS) is 14.4. The van der Waals surface area contributed by atoms with Crippen LogP contribution in [0.3, 0.4) is 0 Å². The molecule has 0 aliphatic rings.